The van der Waals surface area contributed by atoms with Gasteiger partial charge in [-0.1, -0.05) is 18.2 Å². The molecule has 0 aromatic heterocycles. The lowest BCUT2D eigenvalue weighted by molar-refractivity contribution is 0.0507. The number of benzene rings is 1. The monoisotopic (exact) mass is 530 g/mol. The van der Waals surface area contributed by atoms with Gasteiger partial charge in [0.1, 0.15) is 11.4 Å². The number of carbonyl (C=O) groups excluding carboxylic acids is 1. The van der Waals surface area contributed by atoms with Gasteiger partial charge in [0.15, 0.2) is 5.96 Å². The molecule has 1 atom stereocenters. The van der Waals surface area contributed by atoms with Crippen molar-refractivity contribution in [1.29, 1.82) is 0 Å². The minimum atomic E-state index is -0.491. The molecule has 8 heteroatoms. The molecule has 2 fully saturated rings. The van der Waals surface area contributed by atoms with Crippen LogP contribution in [0.2, 0.25) is 0 Å². The zero-order valence-corrected chi connectivity index (χ0v) is 20.8. The first-order valence-corrected chi connectivity index (χ1v) is 10.5. The van der Waals surface area contributed by atoms with Crippen LogP contribution in [0.1, 0.15) is 52.0 Å². The van der Waals surface area contributed by atoms with Crippen LogP contribution in [0.5, 0.6) is 5.75 Å². The molecule has 1 saturated carbocycles. The van der Waals surface area contributed by atoms with E-state index in [1.165, 1.54) is 6.42 Å². The number of likely N-dealkylation sites (tertiary alicyclic amines) is 1. The van der Waals surface area contributed by atoms with Crippen LogP contribution < -0.4 is 15.4 Å². The van der Waals surface area contributed by atoms with E-state index in [2.05, 4.69) is 26.6 Å². The first-order chi connectivity index (χ1) is 13.8. The van der Waals surface area contributed by atoms with Crippen LogP contribution in [0.4, 0.5) is 4.79 Å². The molecule has 1 aliphatic heterocycles. The highest BCUT2D eigenvalue weighted by atomic mass is 127. The van der Waals surface area contributed by atoms with E-state index >= 15 is 0 Å². The maximum absolute atomic E-state index is 12.0. The number of alkyl carbamates (subject to hydrolysis) is 1. The number of para-hydroxylation sites is 1. The van der Waals surface area contributed by atoms with Gasteiger partial charge < -0.3 is 25.0 Å². The molecule has 168 valence electrons. The molecule has 1 aromatic carbocycles. The first-order valence-electron chi connectivity index (χ1n) is 10.5. The van der Waals surface area contributed by atoms with Gasteiger partial charge in [0.2, 0.25) is 0 Å². The number of nitrogens with zero attached hydrogens (tertiary/aromatic N) is 2. The second-order valence-corrected chi connectivity index (χ2v) is 8.76. The summed E-state index contributed by atoms with van der Waals surface area (Å²) in [6, 6.07) is 8.22. The molecule has 1 aliphatic carbocycles. The number of nitrogens with one attached hydrogen (secondary N) is 2. The first kappa shape index (κ1) is 24.6. The summed E-state index contributed by atoms with van der Waals surface area (Å²) in [4.78, 5) is 18.6. The largest absolute Gasteiger partial charge is 0.490 e. The molecule has 1 heterocycles. The smallest absolute Gasteiger partial charge is 0.407 e. The Hall–Kier alpha value is -1.71. The quantitative estimate of drug-likeness (QED) is 0.343. The molecule has 2 N–H and O–H groups in total. The second-order valence-electron chi connectivity index (χ2n) is 8.76. The minimum absolute atomic E-state index is 0. The van der Waals surface area contributed by atoms with Gasteiger partial charge >= 0.3 is 6.09 Å². The van der Waals surface area contributed by atoms with E-state index in [0.717, 1.165) is 43.1 Å². The Kier molecular flexibility index (Phi) is 9.06. The Morgan fingerprint density at radius 2 is 1.97 bits per heavy atom. The third kappa shape index (κ3) is 7.21. The normalized spacial score (nSPS) is 19.5. The van der Waals surface area contributed by atoms with Gasteiger partial charge in [-0.05, 0) is 52.5 Å². The Morgan fingerprint density at radius 3 is 2.60 bits per heavy atom. The van der Waals surface area contributed by atoms with E-state index < -0.39 is 5.60 Å². The summed E-state index contributed by atoms with van der Waals surface area (Å²) in [6.45, 7) is 7.79. The van der Waals surface area contributed by atoms with Crippen molar-refractivity contribution in [2.24, 2.45) is 4.99 Å². The molecule has 0 bridgehead atoms. The van der Waals surface area contributed by atoms with Crippen molar-refractivity contribution in [2.75, 3.05) is 20.1 Å². The van der Waals surface area contributed by atoms with Crippen LogP contribution in [-0.4, -0.2) is 54.8 Å². The number of rotatable bonds is 5. The standard InChI is InChI=1S/C22H34N4O3.HI/c1-22(2,3)29-21(27)25-17-12-13-26(15-17)20(23-4)24-14-16-8-5-6-11-19(16)28-18-9-7-10-18;/h5-6,8,11,17-18H,7,9-10,12-15H2,1-4H3,(H,23,24)(H,25,27);1H. The predicted molar refractivity (Wildman–Crippen MR) is 130 cm³/mol. The zero-order valence-electron chi connectivity index (χ0n) is 18.4. The topological polar surface area (TPSA) is 75.2 Å². The van der Waals surface area contributed by atoms with Crippen molar-refractivity contribution >= 4 is 36.0 Å². The number of aliphatic imine (C=N–C) groups is 1. The zero-order chi connectivity index (χ0) is 20.9. The van der Waals surface area contributed by atoms with Crippen molar-refractivity contribution in [2.45, 2.75) is 70.7 Å². The number of hydrogen-bond acceptors (Lipinski definition) is 4. The van der Waals surface area contributed by atoms with Gasteiger partial charge in [0.25, 0.3) is 0 Å². The molecule has 1 saturated heterocycles. The molecule has 30 heavy (non-hydrogen) atoms. The van der Waals surface area contributed by atoms with Gasteiger partial charge in [-0.2, -0.15) is 0 Å². The van der Waals surface area contributed by atoms with Crippen molar-refractivity contribution < 1.29 is 14.3 Å². The van der Waals surface area contributed by atoms with Crippen LogP contribution >= 0.6 is 24.0 Å². The summed E-state index contributed by atoms with van der Waals surface area (Å²) < 4.78 is 11.5. The van der Waals surface area contributed by atoms with E-state index in [1.54, 1.807) is 7.05 Å². The van der Waals surface area contributed by atoms with Gasteiger partial charge in [0.05, 0.1) is 12.1 Å². The molecule has 1 unspecified atom stereocenters. The molecule has 7 nitrogen and oxygen atoms in total. The summed E-state index contributed by atoms with van der Waals surface area (Å²) in [5.41, 5.74) is 0.637. The summed E-state index contributed by atoms with van der Waals surface area (Å²) in [5.74, 6) is 1.78. The van der Waals surface area contributed by atoms with E-state index in [4.69, 9.17) is 9.47 Å². The van der Waals surface area contributed by atoms with Crippen molar-refractivity contribution in [3.63, 3.8) is 0 Å². The lowest BCUT2D eigenvalue weighted by Crippen LogP contribution is -2.44. The van der Waals surface area contributed by atoms with E-state index in [-0.39, 0.29) is 36.1 Å². The van der Waals surface area contributed by atoms with Crippen molar-refractivity contribution in [1.82, 2.24) is 15.5 Å². The SMILES string of the molecule is CN=C(NCc1ccccc1OC1CCC1)N1CCC(NC(=O)OC(C)(C)C)C1.I. The van der Waals surface area contributed by atoms with Crippen LogP contribution in [0.25, 0.3) is 0 Å². The molecule has 1 aromatic rings. The van der Waals surface area contributed by atoms with Gasteiger partial charge in [0, 0.05) is 32.2 Å². The minimum Gasteiger partial charge on any atom is -0.490 e. The number of ether oxygens (including phenoxy) is 2. The lowest BCUT2D eigenvalue weighted by atomic mass is 9.96. The average molecular weight is 530 g/mol. The molecular formula is C22H35IN4O3. The number of halogens is 1. The van der Waals surface area contributed by atoms with Gasteiger partial charge in [-0.25, -0.2) is 4.79 Å². The molecular weight excluding hydrogens is 495 g/mol. The Balaban J connectivity index is 0.00000320. The molecule has 3 rings (SSSR count). The maximum Gasteiger partial charge on any atom is 0.407 e. The van der Waals surface area contributed by atoms with Crippen LogP contribution in [0, 0.1) is 0 Å². The fourth-order valence-electron chi connectivity index (χ4n) is 3.48. The van der Waals surface area contributed by atoms with E-state index in [0.29, 0.717) is 19.2 Å². The highest BCUT2D eigenvalue weighted by molar-refractivity contribution is 14.0. The molecule has 1 amide bonds. The lowest BCUT2D eigenvalue weighted by Gasteiger charge is -2.28. The molecule has 0 radical (unpaired) electrons. The fourth-order valence-corrected chi connectivity index (χ4v) is 3.48. The summed E-state index contributed by atoms with van der Waals surface area (Å²) in [6.07, 6.45) is 4.39. The highest BCUT2D eigenvalue weighted by Gasteiger charge is 2.28. The van der Waals surface area contributed by atoms with Gasteiger partial charge in [-0.15, -0.1) is 24.0 Å². The van der Waals surface area contributed by atoms with Crippen LogP contribution in [-0.2, 0) is 11.3 Å². The second kappa shape index (κ2) is 11.1. The van der Waals surface area contributed by atoms with Gasteiger partial charge in [-0.3, -0.25) is 4.99 Å². The number of guanidine groups is 1. The predicted octanol–water partition coefficient (Wildman–Crippen LogP) is 3.91. The van der Waals surface area contributed by atoms with Crippen molar-refractivity contribution in [3.8, 4) is 5.75 Å². The molecule has 2 aliphatic rings. The number of carbonyl (C=O) groups is 1. The Morgan fingerprint density at radius 1 is 1.23 bits per heavy atom. The average Bonchev–Trinajstić information content (AvgIpc) is 3.06. The maximum atomic E-state index is 12.0. The van der Waals surface area contributed by atoms with E-state index in [9.17, 15) is 4.79 Å². The number of amides is 1. The summed E-state index contributed by atoms with van der Waals surface area (Å²) in [5, 5.41) is 6.40. The third-order valence-corrected chi connectivity index (χ3v) is 5.18. The van der Waals surface area contributed by atoms with E-state index in [1.807, 2.05) is 39.0 Å². The van der Waals surface area contributed by atoms with Crippen molar-refractivity contribution in [3.05, 3.63) is 29.8 Å². The summed E-state index contributed by atoms with van der Waals surface area (Å²) >= 11 is 0. The highest BCUT2D eigenvalue weighted by Crippen LogP contribution is 2.27. The Labute approximate surface area is 197 Å². The molecule has 0 spiro atoms. The fraction of sp³-hybridized carbons (Fsp3) is 0.636. The third-order valence-electron chi connectivity index (χ3n) is 5.18. The number of hydrogen-bond donors (Lipinski definition) is 2. The Bertz CT molecular complexity index is 731. The van der Waals surface area contributed by atoms with Crippen LogP contribution in [0.3, 0.4) is 0 Å². The summed E-state index contributed by atoms with van der Waals surface area (Å²) in [7, 11) is 1.79. The van der Waals surface area contributed by atoms with Crippen LogP contribution in [0.15, 0.2) is 29.3 Å².